The Labute approximate surface area is 93.2 Å². The highest BCUT2D eigenvalue weighted by molar-refractivity contribution is 7.98. The van der Waals surface area contributed by atoms with E-state index in [0.717, 1.165) is 37.1 Å². The summed E-state index contributed by atoms with van der Waals surface area (Å²) in [6, 6.07) is 1.94. The summed E-state index contributed by atoms with van der Waals surface area (Å²) in [5.41, 5.74) is 3.24. The zero-order valence-corrected chi connectivity index (χ0v) is 9.46. The Morgan fingerprint density at radius 1 is 1.40 bits per heavy atom. The maximum Gasteiger partial charge on any atom is 0.144 e. The molecule has 0 spiro atoms. The molecule has 1 aromatic rings. The molecule has 5 nitrogen and oxygen atoms in total. The fraction of sp³-hybridized carbons (Fsp3) is 0.556. The molecule has 0 bridgehead atoms. The van der Waals surface area contributed by atoms with Gasteiger partial charge in [-0.1, -0.05) is 0 Å². The van der Waals surface area contributed by atoms with Gasteiger partial charge < -0.3 is 10.2 Å². The number of hydrogen-bond acceptors (Lipinski definition) is 6. The summed E-state index contributed by atoms with van der Waals surface area (Å²) < 4.78 is 5.26. The van der Waals surface area contributed by atoms with Crippen molar-refractivity contribution < 1.29 is 4.74 Å². The minimum Gasteiger partial charge on any atom is -0.379 e. The van der Waals surface area contributed by atoms with Crippen molar-refractivity contribution in [2.75, 3.05) is 38.0 Å². The Morgan fingerprint density at radius 3 is 2.93 bits per heavy atom. The molecule has 1 aliphatic rings. The normalized spacial score (nSPS) is 17.7. The number of anilines is 1. The first-order valence-corrected chi connectivity index (χ1v) is 6.06. The van der Waals surface area contributed by atoms with Crippen molar-refractivity contribution in [1.29, 1.82) is 0 Å². The van der Waals surface area contributed by atoms with E-state index in [0.29, 0.717) is 0 Å². The highest BCUT2D eigenvalue weighted by Gasteiger charge is 2.10. The van der Waals surface area contributed by atoms with E-state index in [2.05, 4.69) is 20.4 Å². The Bertz CT molecular complexity index is 317. The third-order valence-electron chi connectivity index (χ3n) is 2.13. The fourth-order valence-corrected chi connectivity index (χ4v) is 1.73. The van der Waals surface area contributed by atoms with Gasteiger partial charge in [0.25, 0.3) is 0 Å². The van der Waals surface area contributed by atoms with Crippen LogP contribution >= 0.6 is 11.8 Å². The highest BCUT2D eigenvalue weighted by atomic mass is 32.2. The van der Waals surface area contributed by atoms with Gasteiger partial charge in [0.05, 0.1) is 13.2 Å². The van der Waals surface area contributed by atoms with Crippen molar-refractivity contribution in [2.45, 2.75) is 5.03 Å². The number of aromatic nitrogens is 2. The van der Waals surface area contributed by atoms with E-state index in [-0.39, 0.29) is 0 Å². The van der Waals surface area contributed by atoms with E-state index in [1.54, 1.807) is 18.1 Å². The van der Waals surface area contributed by atoms with E-state index >= 15 is 0 Å². The van der Waals surface area contributed by atoms with Gasteiger partial charge in [-0.05, 0) is 6.26 Å². The van der Waals surface area contributed by atoms with Gasteiger partial charge in [-0.15, -0.1) is 11.8 Å². The Kier molecular flexibility index (Phi) is 3.76. The summed E-state index contributed by atoms with van der Waals surface area (Å²) >= 11 is 1.61. The van der Waals surface area contributed by atoms with Gasteiger partial charge in [0.1, 0.15) is 17.2 Å². The van der Waals surface area contributed by atoms with Crippen LogP contribution in [0.5, 0.6) is 0 Å². The lowest BCUT2D eigenvalue weighted by atomic mass is 10.5. The third kappa shape index (κ3) is 3.05. The topological polar surface area (TPSA) is 50.3 Å². The average Bonchev–Trinajstić information content (AvgIpc) is 2.31. The monoisotopic (exact) mass is 226 g/mol. The van der Waals surface area contributed by atoms with Gasteiger partial charge >= 0.3 is 0 Å². The number of nitrogens with zero attached hydrogens (tertiary/aromatic N) is 3. The summed E-state index contributed by atoms with van der Waals surface area (Å²) in [4.78, 5) is 8.28. The molecule has 0 radical (unpaired) electrons. The smallest absolute Gasteiger partial charge is 0.144 e. The SMILES string of the molecule is CSc1cc(NN2CCOCC2)ncn1. The van der Waals surface area contributed by atoms with E-state index < -0.39 is 0 Å². The van der Waals surface area contributed by atoms with Gasteiger partial charge in [0.2, 0.25) is 0 Å². The van der Waals surface area contributed by atoms with E-state index in [9.17, 15) is 0 Å². The zero-order valence-electron chi connectivity index (χ0n) is 8.64. The van der Waals surface area contributed by atoms with Crippen LogP contribution in [0.3, 0.4) is 0 Å². The van der Waals surface area contributed by atoms with Crippen molar-refractivity contribution in [1.82, 2.24) is 15.0 Å². The van der Waals surface area contributed by atoms with Crippen LogP contribution < -0.4 is 5.43 Å². The van der Waals surface area contributed by atoms with Gasteiger partial charge in [0.15, 0.2) is 0 Å². The predicted molar refractivity (Wildman–Crippen MR) is 59.8 cm³/mol. The van der Waals surface area contributed by atoms with Crippen molar-refractivity contribution in [3.8, 4) is 0 Å². The number of hydrazine groups is 1. The average molecular weight is 226 g/mol. The molecule has 1 aliphatic heterocycles. The zero-order chi connectivity index (χ0) is 10.5. The quantitative estimate of drug-likeness (QED) is 0.609. The Hall–Kier alpha value is -0.850. The van der Waals surface area contributed by atoms with E-state index in [4.69, 9.17) is 4.74 Å². The van der Waals surface area contributed by atoms with Crippen LogP contribution in [0, 0.1) is 0 Å². The second-order valence-corrected chi connectivity index (χ2v) is 3.98. The molecular formula is C9H14N4OS. The minimum atomic E-state index is 0.771. The second kappa shape index (κ2) is 5.29. The summed E-state index contributed by atoms with van der Waals surface area (Å²) in [6.07, 6.45) is 3.58. The van der Waals surface area contributed by atoms with Crippen molar-refractivity contribution in [3.05, 3.63) is 12.4 Å². The molecule has 0 aliphatic carbocycles. The van der Waals surface area contributed by atoms with Crippen molar-refractivity contribution in [2.24, 2.45) is 0 Å². The number of rotatable bonds is 3. The van der Waals surface area contributed by atoms with Gasteiger partial charge in [-0.25, -0.2) is 15.0 Å². The largest absolute Gasteiger partial charge is 0.379 e. The third-order valence-corrected chi connectivity index (χ3v) is 2.78. The molecule has 0 saturated carbocycles. The van der Waals surface area contributed by atoms with Crippen LogP contribution in [-0.2, 0) is 4.74 Å². The molecule has 1 aromatic heterocycles. The second-order valence-electron chi connectivity index (χ2n) is 3.16. The van der Waals surface area contributed by atoms with Crippen molar-refractivity contribution >= 4 is 17.6 Å². The van der Waals surface area contributed by atoms with Crippen LogP contribution in [0.1, 0.15) is 0 Å². The van der Waals surface area contributed by atoms with Gasteiger partial charge in [-0.3, -0.25) is 0 Å². The standard InChI is InChI=1S/C9H14N4OS/c1-15-9-6-8(10-7-11-9)12-13-2-4-14-5-3-13/h6-7H,2-5H2,1H3,(H,10,11,12). The fourth-order valence-electron chi connectivity index (χ4n) is 1.35. The molecule has 2 heterocycles. The number of nitrogens with one attached hydrogen (secondary N) is 1. The van der Waals surface area contributed by atoms with E-state index in [1.165, 1.54) is 0 Å². The van der Waals surface area contributed by atoms with Crippen LogP contribution in [0.4, 0.5) is 5.82 Å². The van der Waals surface area contributed by atoms with Crippen LogP contribution in [0.2, 0.25) is 0 Å². The molecule has 82 valence electrons. The maximum absolute atomic E-state index is 5.26. The number of morpholine rings is 1. The molecule has 15 heavy (non-hydrogen) atoms. The molecule has 1 saturated heterocycles. The first-order valence-electron chi connectivity index (χ1n) is 4.84. The van der Waals surface area contributed by atoms with Crippen LogP contribution in [-0.4, -0.2) is 47.5 Å². The summed E-state index contributed by atoms with van der Waals surface area (Å²) in [7, 11) is 0. The Balaban J connectivity index is 1.96. The number of ether oxygens (including phenoxy) is 1. The molecule has 1 fully saturated rings. The molecule has 2 rings (SSSR count). The van der Waals surface area contributed by atoms with Gasteiger partial charge in [0, 0.05) is 19.2 Å². The molecule has 0 atom stereocenters. The molecule has 6 heteroatoms. The lowest BCUT2D eigenvalue weighted by Gasteiger charge is -2.27. The molecule has 0 unspecified atom stereocenters. The summed E-state index contributed by atoms with van der Waals surface area (Å²) in [6.45, 7) is 3.32. The highest BCUT2D eigenvalue weighted by Crippen LogP contribution is 2.14. The first kappa shape index (κ1) is 10.7. The van der Waals surface area contributed by atoms with Crippen LogP contribution in [0.15, 0.2) is 17.4 Å². The first-order chi connectivity index (χ1) is 7.38. The maximum atomic E-state index is 5.26. The molecule has 0 aromatic carbocycles. The molecular weight excluding hydrogens is 212 g/mol. The summed E-state index contributed by atoms with van der Waals surface area (Å²) in [5, 5.41) is 3.08. The predicted octanol–water partition coefficient (Wildman–Crippen LogP) is 0.858. The lowest BCUT2D eigenvalue weighted by Crippen LogP contribution is -2.40. The number of thioether (sulfide) groups is 1. The Morgan fingerprint density at radius 2 is 2.20 bits per heavy atom. The summed E-state index contributed by atoms with van der Waals surface area (Å²) in [5.74, 6) is 0.844. The molecule has 0 amide bonds. The lowest BCUT2D eigenvalue weighted by molar-refractivity contribution is 0.0494. The molecule has 1 N–H and O–H groups in total. The van der Waals surface area contributed by atoms with Crippen LogP contribution in [0.25, 0.3) is 0 Å². The number of hydrogen-bond donors (Lipinski definition) is 1. The van der Waals surface area contributed by atoms with Crippen molar-refractivity contribution in [3.63, 3.8) is 0 Å². The minimum absolute atomic E-state index is 0.771. The van der Waals surface area contributed by atoms with E-state index in [1.807, 2.05) is 12.3 Å². The van der Waals surface area contributed by atoms with Gasteiger partial charge in [-0.2, -0.15) is 0 Å².